The lowest BCUT2D eigenvalue weighted by atomic mass is 10.3. The molecule has 15 heavy (non-hydrogen) atoms. The molecule has 88 valence electrons. The minimum Gasteiger partial charge on any atom is -0.468 e. The Morgan fingerprint density at radius 1 is 1.47 bits per heavy atom. The number of nitrogens with zero attached hydrogens (tertiary/aromatic N) is 1. The Labute approximate surface area is 98.3 Å². The third kappa shape index (κ3) is 6.46. The van der Waals surface area contributed by atoms with E-state index in [4.69, 9.17) is 0 Å². The van der Waals surface area contributed by atoms with E-state index in [2.05, 4.69) is 26.0 Å². The molecule has 0 aromatic rings. The topological polar surface area (TPSA) is 58.6 Å². The van der Waals surface area contributed by atoms with Crippen molar-refractivity contribution in [1.29, 1.82) is 0 Å². The van der Waals surface area contributed by atoms with Gasteiger partial charge in [0, 0.05) is 33.6 Å². The monoisotopic (exact) mass is 280 g/mol. The summed E-state index contributed by atoms with van der Waals surface area (Å²) in [6.45, 7) is 1.00. The number of halogens is 1. The van der Waals surface area contributed by atoms with Crippen molar-refractivity contribution in [3.05, 3.63) is 0 Å². The molecule has 1 amide bonds. The van der Waals surface area contributed by atoms with Crippen molar-refractivity contribution in [3.8, 4) is 0 Å². The van der Waals surface area contributed by atoms with E-state index in [0.29, 0.717) is 19.5 Å². The average Bonchev–Trinajstić information content (AvgIpc) is 2.22. The fraction of sp³-hybridized carbons (Fsp3) is 0.778. The van der Waals surface area contributed by atoms with Gasteiger partial charge in [0.05, 0.1) is 7.11 Å². The number of nitrogens with one attached hydrogen (secondary N) is 1. The molecule has 0 fully saturated rings. The number of hydrogen-bond acceptors (Lipinski definition) is 4. The summed E-state index contributed by atoms with van der Waals surface area (Å²) in [5, 5.41) is 2.99. The Balaban J connectivity index is 3.54. The number of esters is 1. The lowest BCUT2D eigenvalue weighted by molar-refractivity contribution is -0.139. The molecule has 1 N–H and O–H groups in total. The predicted octanol–water partition coefficient (Wildman–Crippen LogP) is -0.00920. The van der Waals surface area contributed by atoms with E-state index in [1.165, 1.54) is 12.0 Å². The summed E-state index contributed by atoms with van der Waals surface area (Å²) in [4.78, 5) is 23.3. The Hall–Kier alpha value is -0.620. The highest BCUT2D eigenvalue weighted by Crippen LogP contribution is 1.99. The van der Waals surface area contributed by atoms with Crippen LogP contribution >= 0.6 is 15.9 Å². The van der Waals surface area contributed by atoms with E-state index >= 15 is 0 Å². The summed E-state index contributed by atoms with van der Waals surface area (Å²) in [7, 11) is 4.76. The number of alkyl halides is 1. The van der Waals surface area contributed by atoms with Crippen molar-refractivity contribution >= 4 is 27.8 Å². The molecule has 0 saturated heterocycles. The quantitative estimate of drug-likeness (QED) is 0.423. The van der Waals surface area contributed by atoms with Gasteiger partial charge in [-0.1, -0.05) is 15.9 Å². The first kappa shape index (κ1) is 14.4. The molecule has 5 nitrogen and oxygen atoms in total. The van der Waals surface area contributed by atoms with Crippen molar-refractivity contribution in [3.63, 3.8) is 0 Å². The van der Waals surface area contributed by atoms with Crippen molar-refractivity contribution in [2.75, 3.05) is 34.3 Å². The molecule has 0 aliphatic rings. The minimum absolute atomic E-state index is 0.0618. The van der Waals surface area contributed by atoms with Crippen LogP contribution in [0.4, 0.5) is 0 Å². The number of hydrogen-bond donors (Lipinski definition) is 1. The molecule has 0 aliphatic heterocycles. The van der Waals surface area contributed by atoms with Crippen LogP contribution in [0.25, 0.3) is 0 Å². The molecule has 1 unspecified atom stereocenters. The Morgan fingerprint density at radius 2 is 2.07 bits per heavy atom. The van der Waals surface area contributed by atoms with Crippen molar-refractivity contribution < 1.29 is 14.3 Å². The Bertz CT molecular complexity index is 221. The van der Waals surface area contributed by atoms with Crippen LogP contribution in [-0.2, 0) is 14.3 Å². The molecule has 0 saturated carbocycles. The third-order valence-electron chi connectivity index (χ3n) is 1.79. The molecule has 0 radical (unpaired) electrons. The van der Waals surface area contributed by atoms with E-state index in [-0.39, 0.29) is 16.7 Å². The molecule has 0 aromatic heterocycles. The van der Waals surface area contributed by atoms with Crippen LogP contribution in [0.1, 0.15) is 6.42 Å². The summed E-state index contributed by atoms with van der Waals surface area (Å²) in [5.74, 6) is -0.256. The highest BCUT2D eigenvalue weighted by molar-refractivity contribution is 9.10. The van der Waals surface area contributed by atoms with Crippen molar-refractivity contribution in [2.45, 2.75) is 11.2 Å². The van der Waals surface area contributed by atoms with Gasteiger partial charge < -0.3 is 15.0 Å². The van der Waals surface area contributed by atoms with Crippen LogP contribution in [0.15, 0.2) is 0 Å². The first-order valence-corrected chi connectivity index (χ1v) is 5.53. The number of methoxy groups -OCH3 is 1. The van der Waals surface area contributed by atoms with E-state index in [0.717, 1.165) is 0 Å². The van der Waals surface area contributed by atoms with Gasteiger partial charge in [-0.05, 0) is 0 Å². The van der Waals surface area contributed by atoms with Gasteiger partial charge in [0.1, 0.15) is 4.83 Å². The van der Waals surface area contributed by atoms with E-state index in [1.54, 1.807) is 14.1 Å². The lowest BCUT2D eigenvalue weighted by Crippen LogP contribution is -2.32. The number of amides is 1. The van der Waals surface area contributed by atoms with Gasteiger partial charge in [0.2, 0.25) is 5.91 Å². The van der Waals surface area contributed by atoms with E-state index in [1.807, 2.05) is 0 Å². The van der Waals surface area contributed by atoms with Crippen molar-refractivity contribution in [1.82, 2.24) is 10.2 Å². The maximum absolute atomic E-state index is 11.2. The van der Waals surface area contributed by atoms with Crippen LogP contribution < -0.4 is 5.32 Å². The molecule has 0 heterocycles. The van der Waals surface area contributed by atoms with Crippen LogP contribution in [0.3, 0.4) is 0 Å². The van der Waals surface area contributed by atoms with Crippen LogP contribution in [0, 0.1) is 0 Å². The maximum Gasteiger partial charge on any atom is 0.320 e. The van der Waals surface area contributed by atoms with Crippen LogP contribution in [-0.4, -0.2) is 55.9 Å². The van der Waals surface area contributed by atoms with Gasteiger partial charge in [-0.15, -0.1) is 0 Å². The van der Waals surface area contributed by atoms with E-state index in [9.17, 15) is 9.59 Å². The van der Waals surface area contributed by atoms with E-state index < -0.39 is 0 Å². The molecular formula is C9H17BrN2O3. The molecule has 0 aliphatic carbocycles. The molecule has 1 atom stereocenters. The Morgan fingerprint density at radius 3 is 2.53 bits per heavy atom. The smallest absolute Gasteiger partial charge is 0.320 e. The average molecular weight is 281 g/mol. The maximum atomic E-state index is 11.2. The Kier molecular flexibility index (Phi) is 7.33. The number of rotatable bonds is 6. The van der Waals surface area contributed by atoms with Crippen LogP contribution in [0.2, 0.25) is 0 Å². The summed E-state index contributed by atoms with van der Waals surface area (Å²) in [6, 6.07) is 0. The van der Waals surface area contributed by atoms with Crippen LogP contribution in [0.5, 0.6) is 0 Å². The summed E-state index contributed by atoms with van der Waals surface area (Å²) >= 11 is 3.17. The van der Waals surface area contributed by atoms with Gasteiger partial charge >= 0.3 is 5.97 Å². The lowest BCUT2D eigenvalue weighted by Gasteiger charge is -2.11. The zero-order chi connectivity index (χ0) is 11.8. The number of carbonyl (C=O) groups is 2. The third-order valence-corrected chi connectivity index (χ3v) is 2.49. The predicted molar refractivity (Wildman–Crippen MR) is 60.9 cm³/mol. The SMILES string of the molecule is COC(=O)C(Br)CNCCC(=O)N(C)C. The standard InChI is InChI=1S/C9H17BrN2O3/c1-12(2)8(13)4-5-11-6-7(10)9(14)15-3/h7,11H,4-6H2,1-3H3. The fourth-order valence-electron chi connectivity index (χ4n) is 0.859. The summed E-state index contributed by atoms with van der Waals surface area (Å²) in [6.07, 6.45) is 0.424. The molecule has 0 rings (SSSR count). The normalized spacial score (nSPS) is 12.0. The zero-order valence-corrected chi connectivity index (χ0v) is 10.8. The second-order valence-electron chi connectivity index (χ2n) is 3.23. The zero-order valence-electron chi connectivity index (χ0n) is 9.25. The highest BCUT2D eigenvalue weighted by atomic mass is 79.9. The minimum atomic E-state index is -0.364. The number of carbonyl (C=O) groups excluding carboxylic acids is 2. The largest absolute Gasteiger partial charge is 0.468 e. The van der Waals surface area contributed by atoms with Gasteiger partial charge in [-0.25, -0.2) is 0 Å². The van der Waals surface area contributed by atoms with Crippen molar-refractivity contribution in [2.24, 2.45) is 0 Å². The second-order valence-corrected chi connectivity index (χ2v) is 4.34. The molecule has 0 aromatic carbocycles. The molecule has 0 bridgehead atoms. The number of ether oxygens (including phenoxy) is 1. The van der Waals surface area contributed by atoms with Gasteiger partial charge in [0.15, 0.2) is 0 Å². The fourth-order valence-corrected chi connectivity index (χ4v) is 1.27. The van der Waals surface area contributed by atoms with Gasteiger partial charge in [-0.3, -0.25) is 9.59 Å². The molecule has 6 heteroatoms. The summed E-state index contributed by atoms with van der Waals surface area (Å²) < 4.78 is 4.53. The summed E-state index contributed by atoms with van der Waals surface area (Å²) in [5.41, 5.74) is 0. The first-order valence-electron chi connectivity index (χ1n) is 4.61. The van der Waals surface area contributed by atoms with Gasteiger partial charge in [0.25, 0.3) is 0 Å². The molecule has 0 spiro atoms. The van der Waals surface area contributed by atoms with Gasteiger partial charge in [-0.2, -0.15) is 0 Å². The highest BCUT2D eigenvalue weighted by Gasteiger charge is 2.14. The first-order chi connectivity index (χ1) is 6.99. The second kappa shape index (κ2) is 7.64. The molecular weight excluding hydrogens is 264 g/mol.